The summed E-state index contributed by atoms with van der Waals surface area (Å²) in [6, 6.07) is 1.94. The maximum absolute atomic E-state index is 5.28. The average Bonchev–Trinajstić information content (AvgIpc) is 2.30. The summed E-state index contributed by atoms with van der Waals surface area (Å²) in [7, 11) is 3.23. The van der Waals surface area contributed by atoms with E-state index in [1.54, 1.807) is 14.2 Å². The Hall–Kier alpha value is -0.780. The van der Waals surface area contributed by atoms with Gasteiger partial charge < -0.3 is 14.3 Å². The number of rotatable bonds is 5. The SMILES string of the molecule is COc1cc(CCON)c(C)c(Br)c1OC. The van der Waals surface area contributed by atoms with Gasteiger partial charge in [-0.25, -0.2) is 5.90 Å². The zero-order valence-electron chi connectivity index (χ0n) is 9.67. The van der Waals surface area contributed by atoms with Crippen LogP contribution in [-0.4, -0.2) is 20.8 Å². The molecule has 0 amide bonds. The summed E-state index contributed by atoms with van der Waals surface area (Å²) in [4.78, 5) is 4.58. The number of ether oxygens (including phenoxy) is 2. The summed E-state index contributed by atoms with van der Waals surface area (Å²) in [6.07, 6.45) is 0.737. The molecule has 0 saturated heterocycles. The average molecular weight is 290 g/mol. The highest BCUT2D eigenvalue weighted by atomic mass is 79.9. The summed E-state index contributed by atoms with van der Waals surface area (Å²) in [5, 5.41) is 0. The van der Waals surface area contributed by atoms with E-state index in [4.69, 9.17) is 15.4 Å². The first kappa shape index (κ1) is 13.3. The highest BCUT2D eigenvalue weighted by Crippen LogP contribution is 2.39. The Labute approximate surface area is 104 Å². The first-order chi connectivity index (χ1) is 7.65. The van der Waals surface area contributed by atoms with E-state index >= 15 is 0 Å². The Morgan fingerprint density at radius 2 is 2.00 bits per heavy atom. The second-order valence-corrected chi connectivity index (χ2v) is 4.12. The minimum Gasteiger partial charge on any atom is -0.493 e. The van der Waals surface area contributed by atoms with Crippen molar-refractivity contribution in [2.45, 2.75) is 13.3 Å². The van der Waals surface area contributed by atoms with E-state index in [0.717, 1.165) is 22.0 Å². The van der Waals surface area contributed by atoms with Crippen LogP contribution in [0.25, 0.3) is 0 Å². The van der Waals surface area contributed by atoms with Gasteiger partial charge in [0.15, 0.2) is 11.5 Å². The van der Waals surface area contributed by atoms with E-state index in [9.17, 15) is 0 Å². The quantitative estimate of drug-likeness (QED) is 0.845. The zero-order valence-corrected chi connectivity index (χ0v) is 11.3. The third kappa shape index (κ3) is 2.66. The zero-order chi connectivity index (χ0) is 12.1. The van der Waals surface area contributed by atoms with E-state index in [1.807, 2.05) is 13.0 Å². The summed E-state index contributed by atoms with van der Waals surface area (Å²) in [5.74, 6) is 6.43. The van der Waals surface area contributed by atoms with E-state index in [1.165, 1.54) is 0 Å². The predicted octanol–water partition coefficient (Wildman–Crippen LogP) is 2.21. The Kier molecular flexibility index (Phi) is 5.05. The topological polar surface area (TPSA) is 53.7 Å². The monoisotopic (exact) mass is 289 g/mol. The molecule has 0 aliphatic rings. The molecule has 0 aliphatic carbocycles. The van der Waals surface area contributed by atoms with Gasteiger partial charge in [0.1, 0.15) is 0 Å². The molecule has 0 aliphatic heterocycles. The Morgan fingerprint density at radius 1 is 1.31 bits per heavy atom. The Bertz CT molecular complexity index is 369. The van der Waals surface area contributed by atoms with Crippen LogP contribution in [0.15, 0.2) is 10.5 Å². The molecule has 16 heavy (non-hydrogen) atoms. The maximum Gasteiger partial charge on any atom is 0.175 e. The van der Waals surface area contributed by atoms with Crippen molar-refractivity contribution in [2.75, 3.05) is 20.8 Å². The highest BCUT2D eigenvalue weighted by molar-refractivity contribution is 9.10. The minimum absolute atomic E-state index is 0.475. The molecular formula is C11H16BrNO3. The molecular weight excluding hydrogens is 274 g/mol. The first-order valence-corrected chi connectivity index (χ1v) is 5.66. The van der Waals surface area contributed by atoms with Gasteiger partial charge in [0.05, 0.1) is 25.3 Å². The molecule has 0 atom stereocenters. The van der Waals surface area contributed by atoms with E-state index in [-0.39, 0.29) is 0 Å². The van der Waals surface area contributed by atoms with Crippen LogP contribution in [0, 0.1) is 6.92 Å². The fourth-order valence-electron chi connectivity index (χ4n) is 1.52. The van der Waals surface area contributed by atoms with Crippen molar-refractivity contribution in [3.8, 4) is 11.5 Å². The van der Waals surface area contributed by atoms with Crippen LogP contribution in [0.2, 0.25) is 0 Å². The number of methoxy groups -OCH3 is 2. The van der Waals surface area contributed by atoms with Crippen LogP contribution >= 0.6 is 15.9 Å². The number of hydrogen-bond acceptors (Lipinski definition) is 4. The molecule has 0 fully saturated rings. The molecule has 0 saturated carbocycles. The Balaban J connectivity index is 3.16. The molecule has 1 rings (SSSR count). The van der Waals surface area contributed by atoms with Crippen molar-refractivity contribution < 1.29 is 14.3 Å². The van der Waals surface area contributed by atoms with Crippen LogP contribution in [0.4, 0.5) is 0 Å². The molecule has 90 valence electrons. The predicted molar refractivity (Wildman–Crippen MR) is 65.8 cm³/mol. The van der Waals surface area contributed by atoms with Gasteiger partial charge in [0.25, 0.3) is 0 Å². The molecule has 0 unspecified atom stereocenters. The van der Waals surface area contributed by atoms with Crippen molar-refractivity contribution >= 4 is 15.9 Å². The van der Waals surface area contributed by atoms with Gasteiger partial charge in [-0.1, -0.05) is 0 Å². The smallest absolute Gasteiger partial charge is 0.175 e. The lowest BCUT2D eigenvalue weighted by atomic mass is 10.1. The molecule has 0 spiro atoms. The van der Waals surface area contributed by atoms with Crippen LogP contribution in [0.3, 0.4) is 0 Å². The number of hydrogen-bond donors (Lipinski definition) is 1. The first-order valence-electron chi connectivity index (χ1n) is 4.87. The molecule has 0 radical (unpaired) electrons. The third-order valence-corrected chi connectivity index (χ3v) is 3.41. The lowest BCUT2D eigenvalue weighted by Gasteiger charge is -2.15. The molecule has 5 heteroatoms. The Morgan fingerprint density at radius 3 is 2.50 bits per heavy atom. The highest BCUT2D eigenvalue weighted by Gasteiger charge is 2.14. The number of nitrogens with two attached hydrogens (primary N) is 1. The van der Waals surface area contributed by atoms with Gasteiger partial charge in [0, 0.05) is 0 Å². The summed E-state index contributed by atoms with van der Waals surface area (Å²) in [5.41, 5.74) is 2.23. The molecule has 1 aromatic rings. The van der Waals surface area contributed by atoms with E-state index < -0.39 is 0 Å². The van der Waals surface area contributed by atoms with Crippen LogP contribution < -0.4 is 15.4 Å². The standard InChI is InChI=1S/C11H16BrNO3/c1-7-8(4-5-16-13)6-9(14-2)11(15-3)10(7)12/h6H,4-5,13H2,1-3H3. The number of benzene rings is 1. The van der Waals surface area contributed by atoms with Crippen LogP contribution in [0.1, 0.15) is 11.1 Å². The summed E-state index contributed by atoms with van der Waals surface area (Å²) in [6.45, 7) is 2.49. The van der Waals surface area contributed by atoms with Crippen molar-refractivity contribution in [1.82, 2.24) is 0 Å². The second-order valence-electron chi connectivity index (χ2n) is 3.33. The minimum atomic E-state index is 0.475. The summed E-state index contributed by atoms with van der Waals surface area (Å²) >= 11 is 3.50. The lowest BCUT2D eigenvalue weighted by molar-refractivity contribution is 0.141. The van der Waals surface area contributed by atoms with Gasteiger partial charge >= 0.3 is 0 Å². The van der Waals surface area contributed by atoms with Crippen molar-refractivity contribution in [2.24, 2.45) is 5.90 Å². The molecule has 1 aromatic carbocycles. The van der Waals surface area contributed by atoms with Gasteiger partial charge in [0.2, 0.25) is 0 Å². The van der Waals surface area contributed by atoms with Crippen LogP contribution in [-0.2, 0) is 11.3 Å². The van der Waals surface area contributed by atoms with Gasteiger partial charge in [-0.05, 0) is 46.5 Å². The van der Waals surface area contributed by atoms with Gasteiger partial charge in [-0.3, -0.25) is 0 Å². The molecule has 0 heterocycles. The third-order valence-electron chi connectivity index (χ3n) is 2.45. The number of halogens is 1. The largest absolute Gasteiger partial charge is 0.493 e. The van der Waals surface area contributed by atoms with Gasteiger partial charge in [-0.2, -0.15) is 0 Å². The molecule has 0 aromatic heterocycles. The molecule has 2 N–H and O–H groups in total. The molecule has 4 nitrogen and oxygen atoms in total. The molecule has 0 bridgehead atoms. The normalized spacial score (nSPS) is 10.3. The van der Waals surface area contributed by atoms with Gasteiger partial charge in [-0.15, -0.1) is 0 Å². The fraction of sp³-hybridized carbons (Fsp3) is 0.455. The van der Waals surface area contributed by atoms with Crippen molar-refractivity contribution in [1.29, 1.82) is 0 Å². The maximum atomic E-state index is 5.28. The summed E-state index contributed by atoms with van der Waals surface area (Å²) < 4.78 is 11.4. The van der Waals surface area contributed by atoms with Crippen LogP contribution in [0.5, 0.6) is 11.5 Å². The van der Waals surface area contributed by atoms with Crippen molar-refractivity contribution in [3.63, 3.8) is 0 Å². The fourth-order valence-corrected chi connectivity index (χ4v) is 2.13. The van der Waals surface area contributed by atoms with Crippen molar-refractivity contribution in [3.05, 3.63) is 21.7 Å². The van der Waals surface area contributed by atoms with E-state index in [2.05, 4.69) is 20.8 Å². The second kappa shape index (κ2) is 6.08. The lowest BCUT2D eigenvalue weighted by Crippen LogP contribution is -2.06. The van der Waals surface area contributed by atoms with E-state index in [0.29, 0.717) is 18.1 Å².